The summed E-state index contributed by atoms with van der Waals surface area (Å²) < 4.78 is 15.2. The summed E-state index contributed by atoms with van der Waals surface area (Å²) in [6.07, 6.45) is 11.3. The van der Waals surface area contributed by atoms with Crippen LogP contribution in [-0.4, -0.2) is 15.7 Å². The van der Waals surface area contributed by atoms with E-state index in [1.54, 1.807) is 12.3 Å². The van der Waals surface area contributed by atoms with Crippen LogP contribution in [0.5, 0.6) is 0 Å². The fourth-order valence-corrected chi connectivity index (χ4v) is 5.31. The summed E-state index contributed by atoms with van der Waals surface area (Å²) in [6, 6.07) is 7.76. The third-order valence-electron chi connectivity index (χ3n) is 7.09. The van der Waals surface area contributed by atoms with Crippen molar-refractivity contribution in [3.8, 4) is 11.1 Å². The zero-order chi connectivity index (χ0) is 19.3. The van der Waals surface area contributed by atoms with Crippen LogP contribution in [0.4, 0.5) is 10.1 Å². The molecule has 0 bridgehead atoms. The topological polar surface area (TPSA) is 41.0 Å². The average Bonchev–Trinajstić information content (AvgIpc) is 3.09. The number of H-pyrrole nitrogens is 1. The molecule has 1 saturated carbocycles. The van der Waals surface area contributed by atoms with Gasteiger partial charge in [-0.25, -0.2) is 9.37 Å². The number of hydrogen-bond donors (Lipinski definition) is 1. The summed E-state index contributed by atoms with van der Waals surface area (Å²) in [4.78, 5) is 12.3. The molecule has 2 aliphatic rings. The maximum atomic E-state index is 15.2. The van der Waals surface area contributed by atoms with E-state index in [2.05, 4.69) is 29.9 Å². The second-order valence-electron chi connectivity index (χ2n) is 8.54. The molecule has 1 unspecified atom stereocenters. The molecule has 1 aliphatic carbocycles. The minimum absolute atomic E-state index is 0.180. The zero-order valence-corrected chi connectivity index (χ0v) is 16.6. The molecule has 0 spiro atoms. The Labute approximate surface area is 165 Å². The first-order chi connectivity index (χ1) is 13.6. The Morgan fingerprint density at radius 2 is 1.93 bits per heavy atom. The average molecular weight is 375 g/mol. The number of benzene rings is 1. The Balaban J connectivity index is 1.66. The van der Waals surface area contributed by atoms with E-state index in [1.807, 2.05) is 18.3 Å². The fraction of sp³-hybridized carbons (Fsp3) is 0.417. The maximum absolute atomic E-state index is 15.2. The Hall–Kier alpha value is -2.49. The summed E-state index contributed by atoms with van der Waals surface area (Å²) >= 11 is 0. The lowest BCUT2D eigenvalue weighted by Crippen LogP contribution is -2.36. The molecule has 144 valence electrons. The van der Waals surface area contributed by atoms with Crippen molar-refractivity contribution in [1.29, 1.82) is 0 Å². The molecule has 0 radical (unpaired) electrons. The molecule has 3 nitrogen and oxygen atoms in total. The second kappa shape index (κ2) is 6.54. The van der Waals surface area contributed by atoms with Crippen LogP contribution in [0.1, 0.15) is 57.9 Å². The smallest absolute Gasteiger partial charge is 0.149 e. The van der Waals surface area contributed by atoms with Gasteiger partial charge in [0.25, 0.3) is 0 Å². The lowest BCUT2D eigenvalue weighted by atomic mass is 9.66. The molecule has 4 heteroatoms. The number of aromatic amines is 1. The number of rotatable bonds is 2. The van der Waals surface area contributed by atoms with Crippen molar-refractivity contribution in [2.24, 2.45) is 10.9 Å². The van der Waals surface area contributed by atoms with Crippen molar-refractivity contribution >= 4 is 22.4 Å². The Kier molecular flexibility index (Phi) is 4.11. The second-order valence-corrected chi connectivity index (χ2v) is 8.54. The SMILES string of the molecule is CC1=Nc2c(F)cc(-c3c[nH]c4ncccc34)cc2C1(C)C1CCCCCC1. The van der Waals surface area contributed by atoms with Gasteiger partial charge in [0.05, 0.1) is 0 Å². The van der Waals surface area contributed by atoms with Gasteiger partial charge in [0.1, 0.15) is 17.2 Å². The molecular formula is C24H26FN3. The predicted molar refractivity (Wildman–Crippen MR) is 113 cm³/mol. The van der Waals surface area contributed by atoms with Gasteiger partial charge < -0.3 is 4.98 Å². The molecule has 2 aromatic heterocycles. The quantitative estimate of drug-likeness (QED) is 0.497. The van der Waals surface area contributed by atoms with E-state index in [0.29, 0.717) is 11.6 Å². The van der Waals surface area contributed by atoms with Crippen LogP contribution in [0.25, 0.3) is 22.2 Å². The molecule has 1 aliphatic heterocycles. The van der Waals surface area contributed by atoms with Crippen LogP contribution in [0, 0.1) is 11.7 Å². The predicted octanol–water partition coefficient (Wildman–Crippen LogP) is 6.70. The van der Waals surface area contributed by atoms with Gasteiger partial charge in [-0.3, -0.25) is 4.99 Å². The summed E-state index contributed by atoms with van der Waals surface area (Å²) in [5.41, 5.74) is 5.22. The van der Waals surface area contributed by atoms with Gasteiger partial charge in [0.15, 0.2) is 0 Å². The van der Waals surface area contributed by atoms with Crippen LogP contribution in [0.15, 0.2) is 41.7 Å². The Morgan fingerprint density at radius 3 is 2.71 bits per heavy atom. The van der Waals surface area contributed by atoms with Crippen LogP contribution in [0.3, 0.4) is 0 Å². The maximum Gasteiger partial charge on any atom is 0.149 e. The normalized spacial score (nSPS) is 22.9. The zero-order valence-electron chi connectivity index (χ0n) is 16.6. The molecule has 0 saturated heterocycles. The largest absolute Gasteiger partial charge is 0.346 e. The number of pyridine rings is 1. The first-order valence-electron chi connectivity index (χ1n) is 10.4. The molecule has 1 atom stereocenters. The molecule has 1 fully saturated rings. The number of nitrogens with one attached hydrogen (secondary N) is 1. The van der Waals surface area contributed by atoms with Gasteiger partial charge in [-0.05, 0) is 68.0 Å². The summed E-state index contributed by atoms with van der Waals surface area (Å²) in [7, 11) is 0. The number of halogens is 1. The minimum atomic E-state index is -0.220. The van der Waals surface area contributed by atoms with Crippen molar-refractivity contribution in [2.75, 3.05) is 0 Å². The monoisotopic (exact) mass is 375 g/mol. The van der Waals surface area contributed by atoms with Gasteiger partial charge >= 0.3 is 0 Å². The van der Waals surface area contributed by atoms with Crippen LogP contribution >= 0.6 is 0 Å². The third-order valence-corrected chi connectivity index (χ3v) is 7.09. The lowest BCUT2D eigenvalue weighted by Gasteiger charge is -2.35. The molecule has 1 N–H and O–H groups in total. The van der Waals surface area contributed by atoms with E-state index < -0.39 is 0 Å². The van der Waals surface area contributed by atoms with Crippen molar-refractivity contribution in [3.63, 3.8) is 0 Å². The number of fused-ring (bicyclic) bond motifs is 2. The highest BCUT2D eigenvalue weighted by Crippen LogP contribution is 2.51. The first kappa shape index (κ1) is 17.6. The van der Waals surface area contributed by atoms with E-state index in [4.69, 9.17) is 4.99 Å². The van der Waals surface area contributed by atoms with Crippen molar-refractivity contribution in [3.05, 3.63) is 48.0 Å². The molecule has 0 amide bonds. The van der Waals surface area contributed by atoms with Crippen LogP contribution in [0.2, 0.25) is 0 Å². The Bertz CT molecular complexity index is 1070. The van der Waals surface area contributed by atoms with Gasteiger partial charge in [-0.2, -0.15) is 0 Å². The van der Waals surface area contributed by atoms with Crippen LogP contribution < -0.4 is 0 Å². The molecule has 3 heterocycles. The van der Waals surface area contributed by atoms with Gasteiger partial charge in [-0.15, -0.1) is 0 Å². The summed E-state index contributed by atoms with van der Waals surface area (Å²) in [6.45, 7) is 4.37. The number of hydrogen-bond acceptors (Lipinski definition) is 2. The van der Waals surface area contributed by atoms with Gasteiger partial charge in [0.2, 0.25) is 0 Å². The molecule has 3 aromatic rings. The third kappa shape index (κ3) is 2.54. The highest BCUT2D eigenvalue weighted by atomic mass is 19.1. The number of aliphatic imine (C=N–C) groups is 1. The standard InChI is InChI=1S/C24H26FN3/c1-15-24(2,17-8-5-3-4-6-9-17)20-12-16(13-21(25)22(20)28-15)19-14-27-23-18(19)10-7-11-26-23/h7,10-14,17H,3-6,8-9H2,1-2H3,(H,26,27). The summed E-state index contributed by atoms with van der Waals surface area (Å²) in [5.74, 6) is 0.307. The first-order valence-corrected chi connectivity index (χ1v) is 10.4. The van der Waals surface area contributed by atoms with E-state index in [0.717, 1.165) is 33.4 Å². The van der Waals surface area contributed by atoms with Crippen LogP contribution in [-0.2, 0) is 5.41 Å². The minimum Gasteiger partial charge on any atom is -0.346 e. The molecular weight excluding hydrogens is 349 g/mol. The Morgan fingerprint density at radius 1 is 1.14 bits per heavy atom. The highest BCUT2D eigenvalue weighted by Gasteiger charge is 2.44. The van der Waals surface area contributed by atoms with Crippen molar-refractivity contribution in [2.45, 2.75) is 57.8 Å². The number of aromatic nitrogens is 2. The fourth-order valence-electron chi connectivity index (χ4n) is 5.31. The van der Waals surface area contributed by atoms with Crippen molar-refractivity contribution in [1.82, 2.24) is 9.97 Å². The van der Waals surface area contributed by atoms with E-state index in [9.17, 15) is 0 Å². The highest BCUT2D eigenvalue weighted by molar-refractivity contribution is 6.02. The lowest BCUT2D eigenvalue weighted by molar-refractivity contribution is 0.342. The molecule has 1 aromatic carbocycles. The summed E-state index contributed by atoms with van der Waals surface area (Å²) in [5, 5.41) is 1.02. The van der Waals surface area contributed by atoms with E-state index >= 15 is 4.39 Å². The van der Waals surface area contributed by atoms with Gasteiger partial charge in [-0.1, -0.05) is 25.7 Å². The van der Waals surface area contributed by atoms with Crippen molar-refractivity contribution < 1.29 is 4.39 Å². The van der Waals surface area contributed by atoms with Gasteiger partial charge in [0, 0.05) is 34.5 Å². The molecule has 5 rings (SSSR count). The van der Waals surface area contributed by atoms with E-state index in [1.165, 1.54) is 38.5 Å². The molecule has 28 heavy (non-hydrogen) atoms. The van der Waals surface area contributed by atoms with E-state index in [-0.39, 0.29) is 11.2 Å². The number of nitrogens with zero attached hydrogens (tertiary/aromatic N) is 2.